The summed E-state index contributed by atoms with van der Waals surface area (Å²) in [7, 11) is 0. The molecule has 0 radical (unpaired) electrons. The quantitative estimate of drug-likeness (QED) is 0.832. The number of oxazole rings is 1. The third kappa shape index (κ3) is 3.65. The van der Waals surface area contributed by atoms with Crippen LogP contribution in [0.5, 0.6) is 0 Å². The summed E-state index contributed by atoms with van der Waals surface area (Å²) in [6.45, 7) is 3.41. The van der Waals surface area contributed by atoms with E-state index in [1.807, 2.05) is 4.57 Å². The van der Waals surface area contributed by atoms with E-state index in [2.05, 4.69) is 27.4 Å². The fraction of sp³-hybridized carbons (Fsp3) is 0.474. The standard InChI is InChI=1S/C19H23N5O3/c1-13-17(20-12-27-13)19(26)23-8-7-16-22-15(11-24(16)10-9-23)18(25)21-14-5-3-2-4-6-14/h3,5,11-12,14H,2,4,6-10H2,1H3,(H,21,25). The Morgan fingerprint density at radius 1 is 1.30 bits per heavy atom. The SMILES string of the molecule is Cc1ocnc1C(=O)N1CCc2nc(C(=O)NC3C=CCCC3)cn2CC1. The van der Waals surface area contributed by atoms with Gasteiger partial charge in [0.05, 0.1) is 0 Å². The smallest absolute Gasteiger partial charge is 0.276 e. The minimum absolute atomic E-state index is 0.0894. The van der Waals surface area contributed by atoms with E-state index in [9.17, 15) is 9.59 Å². The van der Waals surface area contributed by atoms with Crippen LogP contribution in [-0.2, 0) is 13.0 Å². The van der Waals surface area contributed by atoms with Crippen LogP contribution in [0.3, 0.4) is 0 Å². The summed E-state index contributed by atoms with van der Waals surface area (Å²) in [6.07, 6.45) is 11.0. The van der Waals surface area contributed by atoms with Crippen molar-refractivity contribution in [2.24, 2.45) is 0 Å². The molecule has 2 aliphatic rings. The van der Waals surface area contributed by atoms with E-state index in [0.29, 0.717) is 43.2 Å². The Kier molecular flexibility index (Phi) is 4.79. The lowest BCUT2D eigenvalue weighted by Gasteiger charge is -2.19. The average molecular weight is 369 g/mol. The van der Waals surface area contributed by atoms with Crippen molar-refractivity contribution >= 4 is 11.8 Å². The number of fused-ring (bicyclic) bond motifs is 1. The van der Waals surface area contributed by atoms with Gasteiger partial charge in [0, 0.05) is 38.3 Å². The van der Waals surface area contributed by atoms with Crippen LogP contribution in [0.25, 0.3) is 0 Å². The number of nitrogens with zero attached hydrogens (tertiary/aromatic N) is 4. The first-order valence-electron chi connectivity index (χ1n) is 9.35. The van der Waals surface area contributed by atoms with E-state index >= 15 is 0 Å². The fourth-order valence-corrected chi connectivity index (χ4v) is 3.57. The minimum Gasteiger partial charge on any atom is -0.448 e. The molecule has 0 bridgehead atoms. The molecule has 27 heavy (non-hydrogen) atoms. The first-order valence-corrected chi connectivity index (χ1v) is 9.35. The van der Waals surface area contributed by atoms with Gasteiger partial charge in [0.1, 0.15) is 17.3 Å². The molecule has 1 aliphatic heterocycles. The maximum Gasteiger partial charge on any atom is 0.276 e. The van der Waals surface area contributed by atoms with Crippen LogP contribution in [-0.4, -0.2) is 50.4 Å². The highest BCUT2D eigenvalue weighted by molar-refractivity contribution is 5.93. The van der Waals surface area contributed by atoms with Crippen LogP contribution >= 0.6 is 0 Å². The number of imidazole rings is 1. The molecule has 0 aromatic carbocycles. The van der Waals surface area contributed by atoms with Crippen molar-refractivity contribution in [3.05, 3.63) is 47.7 Å². The largest absolute Gasteiger partial charge is 0.448 e. The second-order valence-corrected chi connectivity index (χ2v) is 6.97. The molecule has 0 spiro atoms. The zero-order valence-corrected chi connectivity index (χ0v) is 15.4. The molecule has 8 heteroatoms. The van der Waals surface area contributed by atoms with Crippen molar-refractivity contribution < 1.29 is 14.0 Å². The molecule has 1 atom stereocenters. The number of aromatic nitrogens is 3. The third-order valence-electron chi connectivity index (χ3n) is 5.11. The van der Waals surface area contributed by atoms with E-state index < -0.39 is 0 Å². The number of carbonyl (C=O) groups is 2. The van der Waals surface area contributed by atoms with Crippen molar-refractivity contribution in [1.82, 2.24) is 24.8 Å². The number of rotatable bonds is 3. The minimum atomic E-state index is -0.140. The lowest BCUT2D eigenvalue weighted by atomic mass is 10.0. The molecule has 1 N–H and O–H groups in total. The normalized spacial score (nSPS) is 19.4. The zero-order chi connectivity index (χ0) is 18.8. The van der Waals surface area contributed by atoms with Crippen molar-refractivity contribution in [1.29, 1.82) is 0 Å². The van der Waals surface area contributed by atoms with E-state index in [1.54, 1.807) is 18.0 Å². The van der Waals surface area contributed by atoms with Crippen LogP contribution in [0.15, 0.2) is 29.2 Å². The summed E-state index contributed by atoms with van der Waals surface area (Å²) < 4.78 is 7.10. The van der Waals surface area contributed by atoms with Gasteiger partial charge in [-0.1, -0.05) is 12.2 Å². The predicted molar refractivity (Wildman–Crippen MR) is 97.3 cm³/mol. The van der Waals surface area contributed by atoms with Crippen molar-refractivity contribution in [2.45, 2.75) is 45.2 Å². The molecule has 0 saturated heterocycles. The predicted octanol–water partition coefficient (Wildman–Crippen LogP) is 1.72. The monoisotopic (exact) mass is 369 g/mol. The van der Waals surface area contributed by atoms with Crippen molar-refractivity contribution in [3.63, 3.8) is 0 Å². The molecular formula is C19H23N5O3. The van der Waals surface area contributed by atoms with Gasteiger partial charge < -0.3 is 19.2 Å². The number of hydrogen-bond donors (Lipinski definition) is 1. The summed E-state index contributed by atoms with van der Waals surface area (Å²) in [5, 5.41) is 3.03. The molecule has 0 fully saturated rings. The Morgan fingerprint density at radius 3 is 2.93 bits per heavy atom. The Hall–Kier alpha value is -2.90. The average Bonchev–Trinajstić information content (AvgIpc) is 3.23. The molecule has 1 aliphatic carbocycles. The van der Waals surface area contributed by atoms with Gasteiger partial charge in [0.2, 0.25) is 0 Å². The highest BCUT2D eigenvalue weighted by atomic mass is 16.3. The van der Waals surface area contributed by atoms with Gasteiger partial charge >= 0.3 is 0 Å². The van der Waals surface area contributed by atoms with Gasteiger partial charge in [-0.15, -0.1) is 0 Å². The second-order valence-electron chi connectivity index (χ2n) is 6.97. The summed E-state index contributed by atoms with van der Waals surface area (Å²) in [4.78, 5) is 35.4. The summed E-state index contributed by atoms with van der Waals surface area (Å²) in [5.41, 5.74) is 0.797. The zero-order valence-electron chi connectivity index (χ0n) is 15.4. The van der Waals surface area contributed by atoms with Gasteiger partial charge in [-0.2, -0.15) is 0 Å². The van der Waals surface area contributed by atoms with Gasteiger partial charge in [0.25, 0.3) is 11.8 Å². The van der Waals surface area contributed by atoms with Crippen LogP contribution in [0.1, 0.15) is 51.8 Å². The van der Waals surface area contributed by atoms with Crippen LogP contribution in [0, 0.1) is 6.92 Å². The van der Waals surface area contributed by atoms with E-state index in [0.717, 1.165) is 25.1 Å². The molecule has 3 heterocycles. The van der Waals surface area contributed by atoms with E-state index in [4.69, 9.17) is 4.42 Å². The third-order valence-corrected chi connectivity index (χ3v) is 5.11. The molecule has 4 rings (SSSR count). The Labute approximate surface area is 157 Å². The van der Waals surface area contributed by atoms with Gasteiger partial charge in [0.15, 0.2) is 12.1 Å². The van der Waals surface area contributed by atoms with Crippen molar-refractivity contribution in [3.8, 4) is 0 Å². The highest BCUT2D eigenvalue weighted by Crippen LogP contribution is 2.15. The van der Waals surface area contributed by atoms with E-state index in [-0.39, 0.29) is 17.9 Å². The van der Waals surface area contributed by atoms with Crippen LogP contribution in [0.2, 0.25) is 0 Å². The molecule has 142 valence electrons. The first-order chi connectivity index (χ1) is 13.1. The number of aryl methyl sites for hydroxylation is 1. The van der Waals surface area contributed by atoms with Crippen LogP contribution < -0.4 is 5.32 Å². The van der Waals surface area contributed by atoms with Gasteiger partial charge in [-0.3, -0.25) is 9.59 Å². The molecule has 1 unspecified atom stereocenters. The molecule has 0 saturated carbocycles. The maximum atomic E-state index is 12.6. The summed E-state index contributed by atoms with van der Waals surface area (Å²) in [5.74, 6) is 1.08. The van der Waals surface area contributed by atoms with Gasteiger partial charge in [-0.25, -0.2) is 9.97 Å². The Morgan fingerprint density at radius 2 is 2.19 bits per heavy atom. The number of carbonyl (C=O) groups excluding carboxylic acids is 2. The molecule has 8 nitrogen and oxygen atoms in total. The Balaban J connectivity index is 1.41. The molecule has 2 aromatic rings. The molecular weight excluding hydrogens is 346 g/mol. The van der Waals surface area contributed by atoms with Gasteiger partial charge in [-0.05, 0) is 26.2 Å². The fourth-order valence-electron chi connectivity index (χ4n) is 3.57. The Bertz CT molecular complexity index is 856. The lowest BCUT2D eigenvalue weighted by molar-refractivity contribution is 0.0751. The number of allylic oxidation sites excluding steroid dienone is 1. The highest BCUT2D eigenvalue weighted by Gasteiger charge is 2.25. The van der Waals surface area contributed by atoms with Crippen molar-refractivity contribution in [2.75, 3.05) is 13.1 Å². The maximum absolute atomic E-state index is 12.6. The number of hydrogen-bond acceptors (Lipinski definition) is 5. The second kappa shape index (κ2) is 7.38. The van der Waals surface area contributed by atoms with E-state index in [1.165, 1.54) is 6.39 Å². The lowest BCUT2D eigenvalue weighted by Crippen LogP contribution is -2.35. The topological polar surface area (TPSA) is 93.3 Å². The molecule has 2 aromatic heterocycles. The van der Waals surface area contributed by atoms with Crippen LogP contribution in [0.4, 0.5) is 0 Å². The summed E-state index contributed by atoms with van der Waals surface area (Å²) >= 11 is 0. The molecule has 2 amide bonds. The summed E-state index contributed by atoms with van der Waals surface area (Å²) in [6, 6.07) is 0.0894. The first kappa shape index (κ1) is 17.5. The number of amides is 2. The number of nitrogens with one attached hydrogen (secondary N) is 1.